The van der Waals surface area contributed by atoms with Crippen LogP contribution in [0.25, 0.3) is 0 Å². The molecule has 1 heterocycles. The predicted octanol–water partition coefficient (Wildman–Crippen LogP) is 1.39. The molecule has 0 spiro atoms. The van der Waals surface area contributed by atoms with E-state index in [9.17, 15) is 4.79 Å². The molecule has 0 radical (unpaired) electrons. The van der Waals surface area contributed by atoms with Crippen molar-refractivity contribution in [2.45, 2.75) is 13.3 Å². The van der Waals surface area contributed by atoms with Crippen LogP contribution in [0.2, 0.25) is 0 Å². The molecule has 0 bridgehead atoms. The molecule has 0 unspecified atom stereocenters. The summed E-state index contributed by atoms with van der Waals surface area (Å²) in [5.41, 5.74) is 1.42. The maximum atomic E-state index is 12.0. The van der Waals surface area contributed by atoms with Crippen LogP contribution in [0.1, 0.15) is 22.1 Å². The molecule has 0 fully saturated rings. The van der Waals surface area contributed by atoms with Crippen LogP contribution in [0, 0.1) is 6.92 Å². The van der Waals surface area contributed by atoms with Crippen LogP contribution in [0.4, 0.5) is 5.69 Å². The van der Waals surface area contributed by atoms with E-state index in [2.05, 4.69) is 20.8 Å². The number of anilines is 1. The largest absolute Gasteiger partial charge is 0.387 e. The SMILES string of the molecule is CNc1ccccc1C(=O)NCCc1noc(C)n1. The van der Waals surface area contributed by atoms with Gasteiger partial charge in [-0.3, -0.25) is 4.79 Å². The first-order valence-corrected chi connectivity index (χ1v) is 6.05. The number of amides is 1. The summed E-state index contributed by atoms with van der Waals surface area (Å²) in [5.74, 6) is 1.01. The lowest BCUT2D eigenvalue weighted by molar-refractivity contribution is 0.0954. The van der Waals surface area contributed by atoms with E-state index in [0.717, 1.165) is 5.69 Å². The Bertz CT molecular complexity index is 565. The minimum atomic E-state index is -0.120. The second-order valence-corrected chi connectivity index (χ2v) is 4.03. The molecule has 1 amide bonds. The van der Waals surface area contributed by atoms with Gasteiger partial charge in [0.2, 0.25) is 5.89 Å². The number of aryl methyl sites for hydroxylation is 1. The van der Waals surface area contributed by atoms with E-state index in [1.807, 2.05) is 18.2 Å². The second kappa shape index (κ2) is 5.99. The van der Waals surface area contributed by atoms with E-state index in [1.165, 1.54) is 0 Å². The highest BCUT2D eigenvalue weighted by Gasteiger charge is 2.10. The average Bonchev–Trinajstić information content (AvgIpc) is 2.84. The highest BCUT2D eigenvalue weighted by Crippen LogP contribution is 2.13. The van der Waals surface area contributed by atoms with E-state index < -0.39 is 0 Å². The Balaban J connectivity index is 1.90. The van der Waals surface area contributed by atoms with Gasteiger partial charge < -0.3 is 15.2 Å². The van der Waals surface area contributed by atoms with Crippen LogP contribution >= 0.6 is 0 Å². The first-order valence-electron chi connectivity index (χ1n) is 6.05. The third-order valence-electron chi connectivity index (χ3n) is 2.64. The number of benzene rings is 1. The lowest BCUT2D eigenvalue weighted by atomic mass is 10.1. The van der Waals surface area contributed by atoms with E-state index in [4.69, 9.17) is 4.52 Å². The van der Waals surface area contributed by atoms with Crippen molar-refractivity contribution in [3.63, 3.8) is 0 Å². The molecule has 0 saturated carbocycles. The van der Waals surface area contributed by atoms with Gasteiger partial charge in [0.15, 0.2) is 5.82 Å². The van der Waals surface area contributed by atoms with Gasteiger partial charge in [0, 0.05) is 32.6 Å². The lowest BCUT2D eigenvalue weighted by Gasteiger charge is -2.08. The first-order chi connectivity index (χ1) is 9.20. The first kappa shape index (κ1) is 13.1. The Hall–Kier alpha value is -2.37. The van der Waals surface area contributed by atoms with Gasteiger partial charge >= 0.3 is 0 Å². The fourth-order valence-electron chi connectivity index (χ4n) is 1.73. The minimum absolute atomic E-state index is 0.120. The zero-order valence-electron chi connectivity index (χ0n) is 10.9. The van der Waals surface area contributed by atoms with Gasteiger partial charge in [0.1, 0.15) is 0 Å². The van der Waals surface area contributed by atoms with Crippen LogP contribution < -0.4 is 10.6 Å². The maximum Gasteiger partial charge on any atom is 0.253 e. The third kappa shape index (κ3) is 3.31. The van der Waals surface area contributed by atoms with Crippen molar-refractivity contribution in [1.82, 2.24) is 15.5 Å². The van der Waals surface area contributed by atoms with Gasteiger partial charge in [-0.15, -0.1) is 0 Å². The molecular formula is C13H16N4O2. The Morgan fingerprint density at radius 3 is 2.84 bits per heavy atom. The number of hydrogen-bond acceptors (Lipinski definition) is 5. The molecule has 2 rings (SSSR count). The molecule has 100 valence electrons. The van der Waals surface area contributed by atoms with Crippen LogP contribution in [0.15, 0.2) is 28.8 Å². The third-order valence-corrected chi connectivity index (χ3v) is 2.64. The fourth-order valence-corrected chi connectivity index (χ4v) is 1.73. The second-order valence-electron chi connectivity index (χ2n) is 4.03. The lowest BCUT2D eigenvalue weighted by Crippen LogP contribution is -2.26. The molecule has 19 heavy (non-hydrogen) atoms. The zero-order valence-corrected chi connectivity index (χ0v) is 10.9. The molecule has 0 atom stereocenters. The fraction of sp³-hybridized carbons (Fsp3) is 0.308. The molecule has 0 aliphatic heterocycles. The zero-order chi connectivity index (χ0) is 13.7. The normalized spacial score (nSPS) is 10.2. The van der Waals surface area contributed by atoms with Crippen LogP contribution in [0.5, 0.6) is 0 Å². The smallest absolute Gasteiger partial charge is 0.253 e. The highest BCUT2D eigenvalue weighted by atomic mass is 16.5. The predicted molar refractivity (Wildman–Crippen MR) is 71.1 cm³/mol. The Morgan fingerprint density at radius 2 is 2.16 bits per heavy atom. The summed E-state index contributed by atoms with van der Waals surface area (Å²) in [5, 5.41) is 9.59. The molecule has 0 aliphatic carbocycles. The molecule has 2 aromatic rings. The average molecular weight is 260 g/mol. The molecule has 6 nitrogen and oxygen atoms in total. The van der Waals surface area contributed by atoms with Gasteiger partial charge in [-0.2, -0.15) is 4.98 Å². The van der Waals surface area contributed by atoms with E-state index in [0.29, 0.717) is 30.2 Å². The van der Waals surface area contributed by atoms with E-state index in [-0.39, 0.29) is 5.91 Å². The van der Waals surface area contributed by atoms with E-state index in [1.54, 1.807) is 20.0 Å². The molecule has 0 saturated heterocycles. The Kier molecular flexibility index (Phi) is 4.12. The van der Waals surface area contributed by atoms with Crippen LogP contribution in [-0.4, -0.2) is 29.6 Å². The van der Waals surface area contributed by atoms with Crippen molar-refractivity contribution in [2.24, 2.45) is 0 Å². The summed E-state index contributed by atoms with van der Waals surface area (Å²) in [4.78, 5) is 16.1. The quantitative estimate of drug-likeness (QED) is 0.849. The number of para-hydroxylation sites is 1. The van der Waals surface area contributed by atoms with Crippen molar-refractivity contribution in [2.75, 3.05) is 18.9 Å². The maximum absolute atomic E-state index is 12.0. The van der Waals surface area contributed by atoms with E-state index >= 15 is 0 Å². The topological polar surface area (TPSA) is 80.0 Å². The molecule has 0 aliphatic rings. The van der Waals surface area contributed by atoms with Gasteiger partial charge in [-0.1, -0.05) is 17.3 Å². The monoisotopic (exact) mass is 260 g/mol. The molecule has 1 aromatic heterocycles. The number of carbonyl (C=O) groups excluding carboxylic acids is 1. The van der Waals surface area contributed by atoms with Crippen LogP contribution in [0.3, 0.4) is 0 Å². The summed E-state index contributed by atoms with van der Waals surface area (Å²) in [7, 11) is 1.79. The van der Waals surface area contributed by atoms with Crippen molar-refractivity contribution in [3.05, 3.63) is 41.5 Å². The van der Waals surface area contributed by atoms with Crippen molar-refractivity contribution in [1.29, 1.82) is 0 Å². The number of carbonyl (C=O) groups is 1. The van der Waals surface area contributed by atoms with Gasteiger partial charge in [-0.25, -0.2) is 0 Å². The van der Waals surface area contributed by atoms with Gasteiger partial charge in [0.05, 0.1) is 5.56 Å². The number of nitrogens with one attached hydrogen (secondary N) is 2. The van der Waals surface area contributed by atoms with Gasteiger partial charge in [-0.05, 0) is 12.1 Å². The summed E-state index contributed by atoms with van der Waals surface area (Å²) in [6, 6.07) is 7.35. The highest BCUT2D eigenvalue weighted by molar-refractivity contribution is 5.99. The molecular weight excluding hydrogens is 244 g/mol. The minimum Gasteiger partial charge on any atom is -0.387 e. The summed E-state index contributed by atoms with van der Waals surface area (Å²) >= 11 is 0. The Labute approximate surface area is 111 Å². The Morgan fingerprint density at radius 1 is 1.37 bits per heavy atom. The van der Waals surface area contributed by atoms with Crippen molar-refractivity contribution < 1.29 is 9.32 Å². The summed E-state index contributed by atoms with van der Waals surface area (Å²) in [6.45, 7) is 2.20. The number of aromatic nitrogens is 2. The number of hydrogen-bond donors (Lipinski definition) is 2. The summed E-state index contributed by atoms with van der Waals surface area (Å²) < 4.78 is 4.86. The number of rotatable bonds is 5. The van der Waals surface area contributed by atoms with Crippen molar-refractivity contribution >= 4 is 11.6 Å². The van der Waals surface area contributed by atoms with Crippen molar-refractivity contribution in [3.8, 4) is 0 Å². The molecule has 6 heteroatoms. The summed E-state index contributed by atoms with van der Waals surface area (Å²) in [6.07, 6.45) is 0.546. The number of nitrogens with zero attached hydrogens (tertiary/aromatic N) is 2. The van der Waals surface area contributed by atoms with Crippen LogP contribution in [-0.2, 0) is 6.42 Å². The standard InChI is InChI=1S/C13H16N4O2/c1-9-16-12(17-19-9)7-8-15-13(18)10-5-3-4-6-11(10)14-2/h3-6,14H,7-8H2,1-2H3,(H,15,18). The van der Waals surface area contributed by atoms with Gasteiger partial charge in [0.25, 0.3) is 5.91 Å². The molecule has 2 N–H and O–H groups in total. The molecule has 1 aromatic carbocycles.